The summed E-state index contributed by atoms with van der Waals surface area (Å²) in [4.78, 5) is 22.9. The fourth-order valence-electron chi connectivity index (χ4n) is 3.67. The zero-order valence-electron chi connectivity index (χ0n) is 11.3. The Balaban J connectivity index is 1.53. The van der Waals surface area contributed by atoms with Gasteiger partial charge in [0.05, 0.1) is 0 Å². The summed E-state index contributed by atoms with van der Waals surface area (Å²) in [6.45, 7) is 4.53. The molecule has 1 saturated heterocycles. The number of ether oxygens (including phenoxy) is 3. The van der Waals surface area contributed by atoms with Gasteiger partial charge in [0.1, 0.15) is 12.2 Å². The minimum Gasteiger partial charge on any atom is -0.457 e. The molecule has 110 valence electrons. The van der Waals surface area contributed by atoms with Crippen LogP contribution >= 0.6 is 0 Å². The average Bonchev–Trinajstić information content (AvgIpc) is 3.00. The van der Waals surface area contributed by atoms with Gasteiger partial charge in [-0.2, -0.15) is 0 Å². The first kappa shape index (κ1) is 13.6. The fourth-order valence-corrected chi connectivity index (χ4v) is 3.67. The van der Waals surface area contributed by atoms with E-state index in [9.17, 15) is 14.7 Å². The van der Waals surface area contributed by atoms with E-state index >= 15 is 0 Å². The molecule has 6 atom stereocenters. The number of hydrogen-bond acceptors (Lipinski definition) is 6. The van der Waals surface area contributed by atoms with E-state index in [2.05, 4.69) is 6.58 Å². The van der Waals surface area contributed by atoms with Crippen LogP contribution in [0.5, 0.6) is 0 Å². The first-order valence-electron chi connectivity index (χ1n) is 6.83. The van der Waals surface area contributed by atoms with Crippen LogP contribution in [0.2, 0.25) is 0 Å². The average molecular weight is 282 g/mol. The van der Waals surface area contributed by atoms with Crippen LogP contribution in [0.4, 0.5) is 0 Å². The topological polar surface area (TPSA) is 82.1 Å². The van der Waals surface area contributed by atoms with E-state index in [0.717, 1.165) is 12.8 Å². The smallest absolute Gasteiger partial charge is 0.344 e. The molecule has 0 aromatic heterocycles. The van der Waals surface area contributed by atoms with Gasteiger partial charge in [0.15, 0.2) is 12.9 Å². The van der Waals surface area contributed by atoms with Crippen molar-refractivity contribution in [3.8, 4) is 0 Å². The maximum absolute atomic E-state index is 11.7. The second-order valence-electron chi connectivity index (χ2n) is 5.86. The fraction of sp³-hybridized carbons (Fsp3) is 0.714. The SMILES string of the molecule is C=C(C)C(=O)OCC(=O)OC1C2CC3C(O)OC1C3C2. The molecular weight excluding hydrogens is 264 g/mol. The Hall–Kier alpha value is -1.40. The molecule has 0 radical (unpaired) electrons. The number of aliphatic hydroxyl groups is 1. The monoisotopic (exact) mass is 282 g/mol. The van der Waals surface area contributed by atoms with E-state index in [1.165, 1.54) is 6.92 Å². The first-order chi connectivity index (χ1) is 9.47. The van der Waals surface area contributed by atoms with Crippen LogP contribution in [-0.4, -0.2) is 42.1 Å². The number of carbonyl (C=O) groups is 2. The first-order valence-corrected chi connectivity index (χ1v) is 6.83. The van der Waals surface area contributed by atoms with Crippen molar-refractivity contribution >= 4 is 11.9 Å². The molecule has 1 aliphatic heterocycles. The van der Waals surface area contributed by atoms with Crippen LogP contribution in [-0.2, 0) is 23.8 Å². The van der Waals surface area contributed by atoms with Crippen LogP contribution in [0.1, 0.15) is 19.8 Å². The van der Waals surface area contributed by atoms with E-state index in [-0.39, 0.29) is 35.5 Å². The Morgan fingerprint density at radius 3 is 2.75 bits per heavy atom. The number of esters is 2. The van der Waals surface area contributed by atoms with E-state index in [1.807, 2.05) is 0 Å². The quantitative estimate of drug-likeness (QED) is 0.593. The van der Waals surface area contributed by atoms with Gasteiger partial charge < -0.3 is 19.3 Å². The minimum absolute atomic E-state index is 0.182. The molecule has 3 fully saturated rings. The van der Waals surface area contributed by atoms with Gasteiger partial charge in [-0.15, -0.1) is 0 Å². The maximum Gasteiger partial charge on any atom is 0.344 e. The van der Waals surface area contributed by atoms with Crippen LogP contribution in [0.15, 0.2) is 12.2 Å². The van der Waals surface area contributed by atoms with E-state index < -0.39 is 24.8 Å². The highest BCUT2D eigenvalue weighted by molar-refractivity contribution is 5.88. The lowest BCUT2D eigenvalue weighted by molar-refractivity contribution is -0.172. The molecule has 1 heterocycles. The number of hydrogen-bond donors (Lipinski definition) is 1. The van der Waals surface area contributed by atoms with Gasteiger partial charge in [0.25, 0.3) is 0 Å². The van der Waals surface area contributed by atoms with Gasteiger partial charge in [-0.25, -0.2) is 9.59 Å². The van der Waals surface area contributed by atoms with Crippen molar-refractivity contribution in [1.29, 1.82) is 0 Å². The molecule has 0 amide bonds. The van der Waals surface area contributed by atoms with Gasteiger partial charge in [-0.05, 0) is 31.6 Å². The minimum atomic E-state index is -0.736. The Morgan fingerprint density at radius 2 is 2.05 bits per heavy atom. The molecule has 6 unspecified atom stereocenters. The summed E-state index contributed by atoms with van der Waals surface area (Å²) in [5.41, 5.74) is 0.239. The largest absolute Gasteiger partial charge is 0.457 e. The van der Waals surface area contributed by atoms with Crippen molar-refractivity contribution < 1.29 is 28.9 Å². The summed E-state index contributed by atoms with van der Waals surface area (Å²) in [6.07, 6.45) is 0.473. The predicted molar refractivity (Wildman–Crippen MR) is 66.2 cm³/mol. The summed E-state index contributed by atoms with van der Waals surface area (Å²) in [6, 6.07) is 0. The second kappa shape index (κ2) is 4.86. The van der Waals surface area contributed by atoms with Gasteiger partial charge in [-0.3, -0.25) is 0 Å². The Morgan fingerprint density at radius 1 is 1.35 bits per heavy atom. The maximum atomic E-state index is 11.7. The van der Waals surface area contributed by atoms with Crippen LogP contribution in [0, 0.1) is 17.8 Å². The summed E-state index contributed by atoms with van der Waals surface area (Å²) in [5.74, 6) is -0.485. The number of aliphatic hydroxyl groups excluding tert-OH is 1. The molecule has 0 aromatic carbocycles. The molecule has 2 saturated carbocycles. The van der Waals surface area contributed by atoms with Gasteiger partial charge in [0.2, 0.25) is 0 Å². The molecule has 0 spiro atoms. The summed E-state index contributed by atoms with van der Waals surface area (Å²) < 4.78 is 15.6. The van der Waals surface area contributed by atoms with Gasteiger partial charge in [-0.1, -0.05) is 6.58 Å². The second-order valence-corrected chi connectivity index (χ2v) is 5.86. The van der Waals surface area contributed by atoms with Gasteiger partial charge >= 0.3 is 11.9 Å². The Bertz CT molecular complexity index is 459. The highest BCUT2D eigenvalue weighted by atomic mass is 16.6. The lowest BCUT2D eigenvalue weighted by atomic mass is 9.87. The predicted octanol–water partition coefficient (Wildman–Crippen LogP) is 0.391. The van der Waals surface area contributed by atoms with Crippen molar-refractivity contribution in [3.63, 3.8) is 0 Å². The highest BCUT2D eigenvalue weighted by Crippen LogP contribution is 2.56. The van der Waals surface area contributed by atoms with Crippen molar-refractivity contribution in [2.24, 2.45) is 17.8 Å². The number of carbonyl (C=O) groups excluding carboxylic acids is 2. The van der Waals surface area contributed by atoms with Gasteiger partial charge in [0, 0.05) is 11.5 Å². The molecular formula is C14H18O6. The van der Waals surface area contributed by atoms with Crippen LogP contribution < -0.4 is 0 Å². The molecule has 3 rings (SSSR count). The van der Waals surface area contributed by atoms with Crippen molar-refractivity contribution in [3.05, 3.63) is 12.2 Å². The van der Waals surface area contributed by atoms with Crippen LogP contribution in [0.3, 0.4) is 0 Å². The molecule has 6 nitrogen and oxygen atoms in total. The lowest BCUT2D eigenvalue weighted by Gasteiger charge is -2.25. The summed E-state index contributed by atoms with van der Waals surface area (Å²) >= 11 is 0. The Labute approximate surface area is 116 Å². The van der Waals surface area contributed by atoms with E-state index in [4.69, 9.17) is 14.2 Å². The molecule has 20 heavy (non-hydrogen) atoms. The molecule has 0 aromatic rings. The highest BCUT2D eigenvalue weighted by Gasteiger charge is 2.62. The van der Waals surface area contributed by atoms with E-state index in [0.29, 0.717) is 0 Å². The van der Waals surface area contributed by atoms with Crippen molar-refractivity contribution in [2.45, 2.75) is 38.3 Å². The van der Waals surface area contributed by atoms with E-state index in [1.54, 1.807) is 0 Å². The number of fused-ring (bicyclic) bond motifs is 1. The third kappa shape index (κ3) is 2.13. The lowest BCUT2D eigenvalue weighted by Crippen LogP contribution is -2.37. The zero-order chi connectivity index (χ0) is 14.4. The molecule has 3 aliphatic rings. The molecule has 2 aliphatic carbocycles. The van der Waals surface area contributed by atoms with Crippen molar-refractivity contribution in [2.75, 3.05) is 6.61 Å². The van der Waals surface area contributed by atoms with Crippen LogP contribution in [0.25, 0.3) is 0 Å². The van der Waals surface area contributed by atoms with Crippen molar-refractivity contribution in [1.82, 2.24) is 0 Å². The third-order valence-corrected chi connectivity index (χ3v) is 4.51. The zero-order valence-corrected chi connectivity index (χ0v) is 11.3. The molecule has 6 heteroatoms. The molecule has 2 bridgehead atoms. The molecule has 1 N–H and O–H groups in total. The standard InChI is InChI=1S/C14H18O6/c1-6(2)13(16)18-5-10(15)19-11-7-3-8-9(4-7)14(17)20-12(8)11/h7-9,11-12,14,17H,1,3-5H2,2H3. The third-order valence-electron chi connectivity index (χ3n) is 4.51. The summed E-state index contributed by atoms with van der Waals surface area (Å²) in [7, 11) is 0. The number of rotatable bonds is 4. The normalized spacial score (nSPS) is 40.7. The summed E-state index contributed by atoms with van der Waals surface area (Å²) in [5, 5.41) is 9.74. The Kier molecular flexibility index (Phi) is 3.30.